The van der Waals surface area contributed by atoms with Gasteiger partial charge in [-0.25, -0.2) is 9.69 Å². The Morgan fingerprint density at radius 3 is 2.67 bits per heavy atom. The standard InChI is InChI=1S/C20H27NO5S/c1-5-20(2,27-12-11-17(24-3)25-4)18(22)21-16(14-26-19(21)23)13-15-9-7-6-8-10-15/h5-10,16-17H,1,11-14H2,2-4H3/t16-,20+/m1/s1. The van der Waals surface area contributed by atoms with Crippen LogP contribution in [0.25, 0.3) is 0 Å². The van der Waals surface area contributed by atoms with E-state index >= 15 is 0 Å². The van der Waals surface area contributed by atoms with E-state index in [2.05, 4.69) is 6.58 Å². The summed E-state index contributed by atoms with van der Waals surface area (Å²) in [5.74, 6) is 0.310. The third-order valence-electron chi connectivity index (χ3n) is 4.59. The number of imide groups is 1. The van der Waals surface area contributed by atoms with Crippen molar-refractivity contribution in [2.75, 3.05) is 26.6 Å². The highest BCUT2D eigenvalue weighted by atomic mass is 32.2. The molecule has 0 bridgehead atoms. The number of nitrogens with zero attached hydrogens (tertiary/aromatic N) is 1. The van der Waals surface area contributed by atoms with E-state index < -0.39 is 10.8 Å². The van der Waals surface area contributed by atoms with E-state index in [9.17, 15) is 9.59 Å². The van der Waals surface area contributed by atoms with Crippen molar-refractivity contribution in [2.45, 2.75) is 36.8 Å². The fourth-order valence-electron chi connectivity index (χ4n) is 2.89. The number of amides is 2. The average Bonchev–Trinajstić information content (AvgIpc) is 3.05. The Morgan fingerprint density at radius 2 is 2.07 bits per heavy atom. The molecule has 2 rings (SSSR count). The first-order valence-electron chi connectivity index (χ1n) is 8.82. The zero-order chi connectivity index (χ0) is 19.9. The first kappa shape index (κ1) is 21.5. The lowest BCUT2D eigenvalue weighted by atomic mass is 10.0. The van der Waals surface area contributed by atoms with Crippen molar-refractivity contribution < 1.29 is 23.8 Å². The number of hydrogen-bond acceptors (Lipinski definition) is 6. The van der Waals surface area contributed by atoms with Crippen LogP contribution in [-0.4, -0.2) is 60.6 Å². The molecule has 148 valence electrons. The minimum Gasteiger partial charge on any atom is -0.447 e. The van der Waals surface area contributed by atoms with E-state index in [-0.39, 0.29) is 24.8 Å². The number of cyclic esters (lactones) is 1. The van der Waals surface area contributed by atoms with Crippen LogP contribution in [-0.2, 0) is 25.4 Å². The summed E-state index contributed by atoms with van der Waals surface area (Å²) >= 11 is 1.41. The third-order valence-corrected chi connectivity index (χ3v) is 5.97. The van der Waals surface area contributed by atoms with Crippen molar-refractivity contribution in [3.05, 3.63) is 48.6 Å². The predicted octanol–water partition coefficient (Wildman–Crippen LogP) is 3.26. The van der Waals surface area contributed by atoms with Crippen LogP contribution in [0.5, 0.6) is 0 Å². The van der Waals surface area contributed by atoms with Gasteiger partial charge in [-0.15, -0.1) is 18.3 Å². The molecule has 1 heterocycles. The van der Waals surface area contributed by atoms with Crippen LogP contribution in [0.15, 0.2) is 43.0 Å². The Labute approximate surface area is 164 Å². The molecule has 1 aromatic carbocycles. The van der Waals surface area contributed by atoms with E-state index in [1.54, 1.807) is 27.2 Å². The molecule has 6 nitrogen and oxygen atoms in total. The largest absolute Gasteiger partial charge is 0.447 e. The number of hydrogen-bond donors (Lipinski definition) is 0. The Balaban J connectivity index is 2.08. The van der Waals surface area contributed by atoms with Gasteiger partial charge in [0.2, 0.25) is 0 Å². The van der Waals surface area contributed by atoms with Gasteiger partial charge in [0, 0.05) is 20.6 Å². The van der Waals surface area contributed by atoms with E-state index in [4.69, 9.17) is 14.2 Å². The lowest BCUT2D eigenvalue weighted by Crippen LogP contribution is -2.49. The molecule has 0 N–H and O–H groups in total. The van der Waals surface area contributed by atoms with Crippen LogP contribution in [0.4, 0.5) is 4.79 Å². The summed E-state index contributed by atoms with van der Waals surface area (Å²) in [6, 6.07) is 9.43. The minimum absolute atomic E-state index is 0.201. The molecule has 7 heteroatoms. The Bertz CT molecular complexity index is 649. The number of thioether (sulfide) groups is 1. The van der Waals surface area contributed by atoms with E-state index in [0.29, 0.717) is 18.6 Å². The monoisotopic (exact) mass is 393 g/mol. The van der Waals surface area contributed by atoms with Crippen molar-refractivity contribution in [3.63, 3.8) is 0 Å². The van der Waals surface area contributed by atoms with Crippen molar-refractivity contribution >= 4 is 23.8 Å². The summed E-state index contributed by atoms with van der Waals surface area (Å²) in [5.41, 5.74) is 1.05. The fourth-order valence-corrected chi connectivity index (χ4v) is 3.97. The SMILES string of the molecule is C=C[C@](C)(SCCC(OC)OC)C(=O)N1C(=O)OC[C@H]1Cc1ccccc1. The molecular formula is C20H27NO5S. The summed E-state index contributed by atoms with van der Waals surface area (Å²) in [5, 5.41) is 0. The quantitative estimate of drug-likeness (QED) is 0.449. The van der Waals surface area contributed by atoms with Crippen LogP contribution in [0, 0.1) is 0 Å². The van der Waals surface area contributed by atoms with Gasteiger partial charge in [0.15, 0.2) is 6.29 Å². The summed E-state index contributed by atoms with van der Waals surface area (Å²) in [4.78, 5) is 26.7. The van der Waals surface area contributed by atoms with Crippen LogP contribution in [0.2, 0.25) is 0 Å². The topological polar surface area (TPSA) is 65.1 Å². The molecular weight excluding hydrogens is 366 g/mol. The van der Waals surface area contributed by atoms with E-state index in [1.165, 1.54) is 16.7 Å². The zero-order valence-corrected chi connectivity index (χ0v) is 16.9. The molecule has 1 fully saturated rings. The molecule has 0 aliphatic carbocycles. The van der Waals surface area contributed by atoms with Crippen molar-refractivity contribution in [2.24, 2.45) is 0 Å². The predicted molar refractivity (Wildman–Crippen MR) is 106 cm³/mol. The van der Waals surface area contributed by atoms with Gasteiger partial charge in [-0.3, -0.25) is 4.79 Å². The van der Waals surface area contributed by atoms with E-state index in [0.717, 1.165) is 5.56 Å². The Kier molecular flexibility index (Phi) is 7.89. The maximum Gasteiger partial charge on any atom is 0.417 e. The number of ether oxygens (including phenoxy) is 3. The molecule has 1 aliphatic rings. The molecule has 1 aromatic rings. The normalized spacial score (nSPS) is 19.0. The first-order chi connectivity index (χ1) is 12.9. The summed E-state index contributed by atoms with van der Waals surface area (Å²) < 4.78 is 14.6. The molecule has 0 spiro atoms. The fraction of sp³-hybridized carbons (Fsp3) is 0.500. The van der Waals surface area contributed by atoms with Gasteiger partial charge in [0.25, 0.3) is 5.91 Å². The third kappa shape index (κ3) is 5.34. The molecule has 1 aliphatic heterocycles. The molecule has 0 radical (unpaired) electrons. The molecule has 0 unspecified atom stereocenters. The highest BCUT2D eigenvalue weighted by Crippen LogP contribution is 2.32. The molecule has 0 saturated carbocycles. The van der Waals surface area contributed by atoms with Crippen LogP contribution in [0.1, 0.15) is 18.9 Å². The average molecular weight is 394 g/mol. The van der Waals surface area contributed by atoms with Crippen molar-refractivity contribution in [1.29, 1.82) is 0 Å². The zero-order valence-electron chi connectivity index (χ0n) is 16.1. The second-order valence-electron chi connectivity index (χ2n) is 6.44. The maximum atomic E-state index is 13.2. The number of benzene rings is 1. The van der Waals surface area contributed by atoms with Gasteiger partial charge in [-0.05, 0) is 24.7 Å². The van der Waals surface area contributed by atoms with Crippen LogP contribution < -0.4 is 0 Å². The van der Waals surface area contributed by atoms with Gasteiger partial charge < -0.3 is 14.2 Å². The lowest BCUT2D eigenvalue weighted by molar-refractivity contribution is -0.130. The van der Waals surface area contributed by atoms with Gasteiger partial charge >= 0.3 is 6.09 Å². The summed E-state index contributed by atoms with van der Waals surface area (Å²) in [6.45, 7) is 5.79. The lowest BCUT2D eigenvalue weighted by Gasteiger charge is -2.30. The van der Waals surface area contributed by atoms with Crippen LogP contribution in [0.3, 0.4) is 0 Å². The number of rotatable bonds is 10. The first-order valence-corrected chi connectivity index (χ1v) is 9.81. The number of carbonyl (C=O) groups excluding carboxylic acids is 2. The van der Waals surface area contributed by atoms with Crippen LogP contribution >= 0.6 is 11.8 Å². The smallest absolute Gasteiger partial charge is 0.417 e. The van der Waals surface area contributed by atoms with E-state index in [1.807, 2.05) is 30.3 Å². The second kappa shape index (κ2) is 9.92. The Morgan fingerprint density at radius 1 is 1.41 bits per heavy atom. The second-order valence-corrected chi connectivity index (χ2v) is 7.99. The molecule has 27 heavy (non-hydrogen) atoms. The van der Waals surface area contributed by atoms with Gasteiger partial charge in [-0.1, -0.05) is 36.4 Å². The Hall–Kier alpha value is -1.83. The summed E-state index contributed by atoms with van der Waals surface area (Å²) in [6.07, 6.45) is 1.84. The molecule has 2 atom stereocenters. The number of carbonyl (C=O) groups is 2. The maximum absolute atomic E-state index is 13.2. The molecule has 2 amide bonds. The highest BCUT2D eigenvalue weighted by molar-refractivity contribution is 8.01. The van der Waals surface area contributed by atoms with Crippen molar-refractivity contribution in [1.82, 2.24) is 4.90 Å². The van der Waals surface area contributed by atoms with Gasteiger partial charge in [-0.2, -0.15) is 0 Å². The highest BCUT2D eigenvalue weighted by Gasteiger charge is 2.45. The summed E-state index contributed by atoms with van der Waals surface area (Å²) in [7, 11) is 3.15. The minimum atomic E-state index is -0.940. The van der Waals surface area contributed by atoms with Gasteiger partial charge in [0.05, 0.1) is 6.04 Å². The number of methoxy groups -OCH3 is 2. The molecule has 1 saturated heterocycles. The molecule has 0 aromatic heterocycles. The van der Waals surface area contributed by atoms with Crippen molar-refractivity contribution in [3.8, 4) is 0 Å². The van der Waals surface area contributed by atoms with Gasteiger partial charge in [0.1, 0.15) is 11.4 Å².